The number of rotatable bonds is 5. The van der Waals surface area contributed by atoms with Crippen molar-refractivity contribution >= 4 is 22.9 Å². The van der Waals surface area contributed by atoms with Gasteiger partial charge < -0.3 is 15.0 Å². The monoisotopic (exact) mass is 468 g/mol. The zero-order valence-corrected chi connectivity index (χ0v) is 19.6. The van der Waals surface area contributed by atoms with Crippen molar-refractivity contribution in [2.75, 3.05) is 0 Å². The predicted molar refractivity (Wildman–Crippen MR) is 133 cm³/mol. The van der Waals surface area contributed by atoms with Gasteiger partial charge in [0.15, 0.2) is 0 Å². The number of H-pyrrole nitrogens is 1. The van der Waals surface area contributed by atoms with Gasteiger partial charge in [0.05, 0.1) is 17.8 Å². The summed E-state index contributed by atoms with van der Waals surface area (Å²) in [7, 11) is 0. The Hall–Kier alpha value is -4.13. The molecule has 0 saturated heterocycles. The first kappa shape index (κ1) is 22.7. The summed E-state index contributed by atoms with van der Waals surface area (Å²) in [4.78, 5) is 28.3. The number of aryl methyl sites for hydroxylation is 1. The van der Waals surface area contributed by atoms with Crippen LogP contribution in [0.25, 0.3) is 10.9 Å². The first-order valence-electron chi connectivity index (χ1n) is 11.9. The van der Waals surface area contributed by atoms with Crippen LogP contribution in [0.3, 0.4) is 0 Å². The van der Waals surface area contributed by atoms with E-state index >= 15 is 0 Å². The number of nitrogens with zero attached hydrogens (tertiary/aromatic N) is 2. The van der Waals surface area contributed by atoms with E-state index in [1.165, 1.54) is 0 Å². The van der Waals surface area contributed by atoms with Crippen molar-refractivity contribution in [2.24, 2.45) is 0 Å². The standard InChI is InChI=1S/C28H28N4O3/c1-19(21-10-6-3-7-11-21)32-17-24-22(12-14-25-23(24)16-29-31-25)13-15-26(27(32)33)30-28(34)35-18-20-8-4-2-5-9-20/h2-12,14,16,19,26H,13,15,17-18H2,1H3,(H,29,31)(H,30,34)/t19-,26+/m0/s1. The van der Waals surface area contributed by atoms with E-state index in [0.29, 0.717) is 19.4 Å². The fourth-order valence-electron chi connectivity index (χ4n) is 4.69. The number of aromatic amines is 1. The third kappa shape index (κ3) is 4.89. The fraction of sp³-hybridized carbons (Fsp3) is 0.250. The minimum absolute atomic E-state index is 0.121. The lowest BCUT2D eigenvalue weighted by Gasteiger charge is -2.35. The molecule has 0 spiro atoms. The number of amides is 2. The van der Waals surface area contributed by atoms with Gasteiger partial charge in [-0.15, -0.1) is 0 Å². The van der Waals surface area contributed by atoms with E-state index in [9.17, 15) is 9.59 Å². The molecule has 3 aromatic carbocycles. The minimum Gasteiger partial charge on any atom is -0.445 e. The van der Waals surface area contributed by atoms with Gasteiger partial charge in [-0.05, 0) is 48.1 Å². The molecule has 1 aliphatic heterocycles. The average Bonchev–Trinajstić information content (AvgIpc) is 3.37. The highest BCUT2D eigenvalue weighted by atomic mass is 16.5. The van der Waals surface area contributed by atoms with Gasteiger partial charge in [0, 0.05) is 11.9 Å². The maximum Gasteiger partial charge on any atom is 0.408 e. The topological polar surface area (TPSA) is 87.3 Å². The van der Waals surface area contributed by atoms with Gasteiger partial charge in [0.25, 0.3) is 0 Å². The Kier molecular flexibility index (Phi) is 6.48. The Bertz CT molecular complexity index is 1320. The van der Waals surface area contributed by atoms with Crippen molar-refractivity contribution in [3.05, 3.63) is 101 Å². The molecule has 0 bridgehead atoms. The first-order chi connectivity index (χ1) is 17.1. The lowest BCUT2D eigenvalue weighted by Crippen LogP contribution is -2.50. The number of ether oxygens (including phenoxy) is 1. The van der Waals surface area contributed by atoms with Crippen LogP contribution in [0.1, 0.15) is 41.6 Å². The molecule has 0 fully saturated rings. The van der Waals surface area contributed by atoms with Gasteiger partial charge in [-0.1, -0.05) is 66.7 Å². The molecule has 35 heavy (non-hydrogen) atoms. The van der Waals surface area contributed by atoms with Gasteiger partial charge in [0.2, 0.25) is 5.91 Å². The number of carbonyl (C=O) groups is 2. The maximum absolute atomic E-state index is 13.8. The summed E-state index contributed by atoms with van der Waals surface area (Å²) in [5, 5.41) is 11.1. The van der Waals surface area contributed by atoms with Gasteiger partial charge in [-0.2, -0.15) is 5.10 Å². The van der Waals surface area contributed by atoms with E-state index in [-0.39, 0.29) is 18.6 Å². The average molecular weight is 469 g/mol. The molecule has 7 nitrogen and oxygen atoms in total. The lowest BCUT2D eigenvalue weighted by molar-refractivity contribution is -0.136. The largest absolute Gasteiger partial charge is 0.445 e. The summed E-state index contributed by atoms with van der Waals surface area (Å²) >= 11 is 0. The molecular weight excluding hydrogens is 440 g/mol. The van der Waals surface area contributed by atoms with Crippen LogP contribution in [-0.2, 0) is 29.1 Å². The molecule has 2 atom stereocenters. The maximum atomic E-state index is 13.8. The number of nitrogens with one attached hydrogen (secondary N) is 2. The van der Waals surface area contributed by atoms with Crippen molar-refractivity contribution in [2.45, 2.75) is 45.0 Å². The molecule has 5 rings (SSSR count). The zero-order chi connectivity index (χ0) is 24.2. The highest BCUT2D eigenvalue weighted by Crippen LogP contribution is 2.31. The van der Waals surface area contributed by atoms with E-state index in [0.717, 1.165) is 33.2 Å². The van der Waals surface area contributed by atoms with E-state index in [2.05, 4.69) is 21.6 Å². The number of benzene rings is 3. The van der Waals surface area contributed by atoms with Crippen LogP contribution in [0.15, 0.2) is 79.0 Å². The second-order valence-electron chi connectivity index (χ2n) is 8.88. The summed E-state index contributed by atoms with van der Waals surface area (Å²) < 4.78 is 5.42. The SMILES string of the molecule is C[C@@H](c1ccccc1)N1Cc2c(ccc3[nH]ncc23)CC[C@@H](NC(=O)OCc2ccccc2)C1=O. The quantitative estimate of drug-likeness (QED) is 0.436. The third-order valence-electron chi connectivity index (χ3n) is 6.70. The Morgan fingerprint density at radius 1 is 1.11 bits per heavy atom. The van der Waals surface area contributed by atoms with Crippen LogP contribution in [-0.4, -0.2) is 33.1 Å². The molecule has 4 aromatic rings. The molecule has 2 amide bonds. The lowest BCUT2D eigenvalue weighted by atomic mass is 9.92. The van der Waals surface area contributed by atoms with Crippen molar-refractivity contribution in [1.29, 1.82) is 0 Å². The number of hydrogen-bond acceptors (Lipinski definition) is 4. The minimum atomic E-state index is -0.683. The third-order valence-corrected chi connectivity index (χ3v) is 6.70. The molecule has 1 aromatic heterocycles. The van der Waals surface area contributed by atoms with E-state index in [4.69, 9.17) is 4.74 Å². The number of hydrogen-bond donors (Lipinski definition) is 2. The van der Waals surface area contributed by atoms with Crippen molar-refractivity contribution < 1.29 is 14.3 Å². The van der Waals surface area contributed by atoms with E-state index in [1.54, 1.807) is 0 Å². The molecule has 2 N–H and O–H groups in total. The highest BCUT2D eigenvalue weighted by molar-refractivity contribution is 5.88. The van der Waals surface area contributed by atoms with Gasteiger partial charge in [-0.3, -0.25) is 9.89 Å². The van der Waals surface area contributed by atoms with Crippen LogP contribution < -0.4 is 5.32 Å². The molecule has 0 radical (unpaired) electrons. The molecular formula is C28H28N4O3. The van der Waals surface area contributed by atoms with E-state index in [1.807, 2.05) is 84.8 Å². The molecule has 7 heteroatoms. The van der Waals surface area contributed by atoms with Crippen LogP contribution >= 0.6 is 0 Å². The van der Waals surface area contributed by atoms with Gasteiger partial charge in [0.1, 0.15) is 12.6 Å². The van der Waals surface area contributed by atoms with Crippen LogP contribution in [0.4, 0.5) is 4.79 Å². The summed E-state index contributed by atoms with van der Waals surface area (Å²) in [6.45, 7) is 2.60. The molecule has 2 heterocycles. The molecule has 0 unspecified atom stereocenters. The molecule has 0 saturated carbocycles. The number of aromatic nitrogens is 2. The highest BCUT2D eigenvalue weighted by Gasteiger charge is 2.33. The van der Waals surface area contributed by atoms with Crippen molar-refractivity contribution in [3.8, 4) is 0 Å². The number of carbonyl (C=O) groups excluding carboxylic acids is 2. The summed E-state index contributed by atoms with van der Waals surface area (Å²) in [6.07, 6.45) is 2.38. The van der Waals surface area contributed by atoms with Crippen molar-refractivity contribution in [3.63, 3.8) is 0 Å². The Balaban J connectivity index is 1.42. The second-order valence-corrected chi connectivity index (χ2v) is 8.88. The normalized spacial score (nSPS) is 16.8. The fourth-order valence-corrected chi connectivity index (χ4v) is 4.69. The molecule has 1 aliphatic rings. The van der Waals surface area contributed by atoms with Crippen LogP contribution in [0, 0.1) is 0 Å². The zero-order valence-electron chi connectivity index (χ0n) is 19.6. The molecule has 178 valence electrons. The number of alkyl carbamates (subject to hydrolysis) is 1. The van der Waals surface area contributed by atoms with Gasteiger partial charge in [-0.25, -0.2) is 4.79 Å². The summed E-state index contributed by atoms with van der Waals surface area (Å²) in [5.41, 5.74) is 5.12. The van der Waals surface area contributed by atoms with Crippen molar-refractivity contribution in [1.82, 2.24) is 20.4 Å². The number of fused-ring (bicyclic) bond motifs is 3. The predicted octanol–water partition coefficient (Wildman–Crippen LogP) is 4.89. The Labute approximate surface area is 204 Å². The second kappa shape index (κ2) is 10.0. The van der Waals surface area contributed by atoms with E-state index < -0.39 is 12.1 Å². The Morgan fingerprint density at radius 3 is 2.63 bits per heavy atom. The van der Waals surface area contributed by atoms with Crippen LogP contribution in [0.2, 0.25) is 0 Å². The first-order valence-corrected chi connectivity index (χ1v) is 11.9. The molecule has 0 aliphatic carbocycles. The summed E-state index contributed by atoms with van der Waals surface area (Å²) in [6, 6.07) is 22.7. The summed E-state index contributed by atoms with van der Waals surface area (Å²) in [5.74, 6) is -0.121. The van der Waals surface area contributed by atoms with Crippen LogP contribution in [0.5, 0.6) is 0 Å². The Morgan fingerprint density at radius 2 is 1.86 bits per heavy atom. The van der Waals surface area contributed by atoms with Gasteiger partial charge >= 0.3 is 6.09 Å². The smallest absolute Gasteiger partial charge is 0.408 e.